The Morgan fingerprint density at radius 1 is 1.44 bits per heavy atom. The fourth-order valence-corrected chi connectivity index (χ4v) is 2.31. The van der Waals surface area contributed by atoms with Gasteiger partial charge < -0.3 is 5.73 Å². The number of piperidine rings is 1. The quantitative estimate of drug-likeness (QED) is 0.712. The van der Waals surface area contributed by atoms with Gasteiger partial charge in [0.1, 0.15) is 11.5 Å². The van der Waals surface area contributed by atoms with E-state index >= 15 is 0 Å². The molecule has 1 unspecified atom stereocenters. The van der Waals surface area contributed by atoms with Gasteiger partial charge in [-0.3, -0.25) is 19.3 Å². The Morgan fingerprint density at radius 2 is 2.28 bits per heavy atom. The van der Waals surface area contributed by atoms with Gasteiger partial charge >= 0.3 is 0 Å². The second kappa shape index (κ2) is 3.83. The van der Waals surface area contributed by atoms with Crippen molar-refractivity contribution in [1.82, 2.24) is 14.7 Å². The van der Waals surface area contributed by atoms with Crippen LogP contribution in [0.2, 0.25) is 0 Å². The van der Waals surface area contributed by atoms with Gasteiger partial charge in [-0.15, -0.1) is 0 Å². The van der Waals surface area contributed by atoms with Crippen LogP contribution >= 0.6 is 0 Å². The molecule has 3 heterocycles. The van der Waals surface area contributed by atoms with Crippen molar-refractivity contribution in [3.8, 4) is 0 Å². The summed E-state index contributed by atoms with van der Waals surface area (Å²) in [6, 6.07) is 3.67. The number of hydrogen-bond acceptors (Lipinski definition) is 4. The molecular weight excluding hydrogens is 232 g/mol. The average molecular weight is 244 g/mol. The number of aromatic nitrogens is 2. The van der Waals surface area contributed by atoms with Crippen LogP contribution in [0, 0.1) is 0 Å². The molecule has 2 aromatic rings. The van der Waals surface area contributed by atoms with Crippen LogP contribution in [0.25, 0.3) is 5.65 Å². The maximum absolute atomic E-state index is 11.9. The molecule has 0 aliphatic carbocycles. The minimum absolute atomic E-state index is 0.217. The van der Waals surface area contributed by atoms with Gasteiger partial charge in [-0.25, -0.2) is 4.98 Å². The normalized spacial score (nSPS) is 20.1. The predicted molar refractivity (Wildman–Crippen MR) is 64.7 cm³/mol. The highest BCUT2D eigenvalue weighted by Crippen LogP contribution is 2.28. The van der Waals surface area contributed by atoms with Gasteiger partial charge in [0.15, 0.2) is 0 Å². The van der Waals surface area contributed by atoms with E-state index in [4.69, 9.17) is 5.73 Å². The topological polar surface area (TPSA) is 89.5 Å². The van der Waals surface area contributed by atoms with Crippen LogP contribution in [0.3, 0.4) is 0 Å². The molecule has 0 radical (unpaired) electrons. The number of anilines is 1. The Hall–Kier alpha value is -2.37. The first kappa shape index (κ1) is 10.8. The highest BCUT2D eigenvalue weighted by molar-refractivity contribution is 6.01. The second-order valence-electron chi connectivity index (χ2n) is 4.34. The zero-order valence-corrected chi connectivity index (χ0v) is 9.59. The van der Waals surface area contributed by atoms with Crippen molar-refractivity contribution in [1.29, 1.82) is 0 Å². The van der Waals surface area contributed by atoms with Crippen LogP contribution < -0.4 is 11.1 Å². The number of pyridine rings is 1. The van der Waals surface area contributed by atoms with E-state index in [0.29, 0.717) is 24.3 Å². The third-order valence-corrected chi connectivity index (χ3v) is 3.21. The van der Waals surface area contributed by atoms with Crippen molar-refractivity contribution in [3.63, 3.8) is 0 Å². The Bertz CT molecular complexity index is 647. The van der Waals surface area contributed by atoms with E-state index in [9.17, 15) is 9.59 Å². The Labute approximate surface area is 103 Å². The zero-order valence-electron chi connectivity index (χ0n) is 9.59. The molecule has 1 atom stereocenters. The van der Waals surface area contributed by atoms with Crippen LogP contribution in [0.4, 0.5) is 5.82 Å². The van der Waals surface area contributed by atoms with Crippen LogP contribution in [-0.2, 0) is 9.59 Å². The van der Waals surface area contributed by atoms with Crippen molar-refractivity contribution in [2.75, 3.05) is 5.73 Å². The number of carbonyl (C=O) groups excluding carboxylic acids is 2. The number of hydrogen-bond donors (Lipinski definition) is 2. The summed E-state index contributed by atoms with van der Waals surface area (Å²) < 4.78 is 1.74. The first-order valence-electron chi connectivity index (χ1n) is 5.72. The lowest BCUT2D eigenvalue weighted by Crippen LogP contribution is -2.39. The molecule has 18 heavy (non-hydrogen) atoms. The number of nitrogens with one attached hydrogen (secondary N) is 1. The molecule has 0 saturated carbocycles. The highest BCUT2D eigenvalue weighted by atomic mass is 16.2. The summed E-state index contributed by atoms with van der Waals surface area (Å²) in [6.45, 7) is 0. The van der Waals surface area contributed by atoms with E-state index in [1.54, 1.807) is 16.8 Å². The van der Waals surface area contributed by atoms with Crippen molar-refractivity contribution >= 4 is 23.3 Å². The first-order valence-corrected chi connectivity index (χ1v) is 5.72. The summed E-state index contributed by atoms with van der Waals surface area (Å²) in [5.74, 6) is -0.292. The molecule has 92 valence electrons. The van der Waals surface area contributed by atoms with Crippen molar-refractivity contribution < 1.29 is 9.59 Å². The van der Waals surface area contributed by atoms with Gasteiger partial charge in [0, 0.05) is 18.2 Å². The Morgan fingerprint density at radius 3 is 3.06 bits per heavy atom. The van der Waals surface area contributed by atoms with Crippen molar-refractivity contribution in [2.24, 2.45) is 0 Å². The molecule has 0 bridgehead atoms. The minimum atomic E-state index is -0.340. The summed E-state index contributed by atoms with van der Waals surface area (Å²) in [7, 11) is 0. The molecule has 2 aromatic heterocycles. The van der Waals surface area contributed by atoms with Crippen molar-refractivity contribution in [2.45, 2.75) is 18.8 Å². The standard InChI is InChI=1S/C12H12N4O2/c13-9-6-14-11-7(2-1-5-16(9)11)8-3-4-10(17)15-12(8)18/h1-2,5-6,8H,3-4,13H2,(H,15,17,18). The van der Waals surface area contributed by atoms with E-state index in [1.807, 2.05) is 12.1 Å². The van der Waals surface area contributed by atoms with Crippen LogP contribution in [-0.4, -0.2) is 21.2 Å². The summed E-state index contributed by atoms with van der Waals surface area (Å²) in [5.41, 5.74) is 7.25. The fraction of sp³-hybridized carbons (Fsp3) is 0.250. The third-order valence-electron chi connectivity index (χ3n) is 3.21. The van der Waals surface area contributed by atoms with Gasteiger partial charge in [0.2, 0.25) is 11.8 Å². The molecule has 3 rings (SSSR count). The van der Waals surface area contributed by atoms with Gasteiger partial charge in [0.05, 0.1) is 12.1 Å². The number of nitrogens with zero attached hydrogens (tertiary/aromatic N) is 2. The molecular formula is C12H12N4O2. The number of amides is 2. The lowest BCUT2D eigenvalue weighted by Gasteiger charge is -2.21. The number of carbonyl (C=O) groups is 2. The van der Waals surface area contributed by atoms with Crippen LogP contribution in [0.5, 0.6) is 0 Å². The first-order chi connectivity index (χ1) is 8.66. The maximum atomic E-state index is 11.9. The second-order valence-corrected chi connectivity index (χ2v) is 4.34. The minimum Gasteiger partial charge on any atom is -0.383 e. The summed E-state index contributed by atoms with van der Waals surface area (Å²) in [6.07, 6.45) is 4.22. The number of nitrogen functional groups attached to an aromatic ring is 1. The maximum Gasteiger partial charge on any atom is 0.234 e. The monoisotopic (exact) mass is 244 g/mol. The molecule has 1 saturated heterocycles. The SMILES string of the molecule is Nc1cnc2c(C3CCC(=O)NC3=O)cccn12. The third kappa shape index (κ3) is 1.54. The summed E-state index contributed by atoms with van der Waals surface area (Å²) in [5, 5.41) is 2.35. The average Bonchev–Trinajstić information content (AvgIpc) is 2.72. The van der Waals surface area contributed by atoms with Crippen molar-refractivity contribution in [3.05, 3.63) is 30.1 Å². The lowest BCUT2D eigenvalue weighted by atomic mass is 9.91. The molecule has 0 spiro atoms. The van der Waals surface area contributed by atoms with E-state index in [1.165, 1.54) is 0 Å². The summed E-state index contributed by atoms with van der Waals surface area (Å²) >= 11 is 0. The smallest absolute Gasteiger partial charge is 0.234 e. The number of fused-ring (bicyclic) bond motifs is 1. The Kier molecular flexibility index (Phi) is 2.29. The molecule has 6 nitrogen and oxygen atoms in total. The molecule has 6 heteroatoms. The number of nitrogens with two attached hydrogens (primary N) is 1. The molecule has 1 aliphatic heterocycles. The molecule has 0 aromatic carbocycles. The number of imidazole rings is 1. The number of imide groups is 1. The van der Waals surface area contributed by atoms with E-state index in [2.05, 4.69) is 10.3 Å². The van der Waals surface area contributed by atoms with Gasteiger partial charge in [-0.1, -0.05) is 6.07 Å². The highest BCUT2D eigenvalue weighted by Gasteiger charge is 2.29. The molecule has 1 aliphatic rings. The van der Waals surface area contributed by atoms with E-state index in [-0.39, 0.29) is 17.7 Å². The van der Waals surface area contributed by atoms with Crippen LogP contribution in [0.1, 0.15) is 24.3 Å². The van der Waals surface area contributed by atoms with E-state index < -0.39 is 0 Å². The van der Waals surface area contributed by atoms with Gasteiger partial charge in [0.25, 0.3) is 0 Å². The molecule has 2 amide bonds. The van der Waals surface area contributed by atoms with Gasteiger partial charge in [-0.05, 0) is 12.5 Å². The molecule has 3 N–H and O–H groups in total. The Balaban J connectivity index is 2.09. The number of rotatable bonds is 1. The van der Waals surface area contributed by atoms with Gasteiger partial charge in [-0.2, -0.15) is 0 Å². The van der Waals surface area contributed by atoms with Crippen LogP contribution in [0.15, 0.2) is 24.5 Å². The lowest BCUT2D eigenvalue weighted by molar-refractivity contribution is -0.134. The van der Waals surface area contributed by atoms with E-state index in [0.717, 1.165) is 5.56 Å². The predicted octanol–water partition coefficient (Wildman–Crippen LogP) is 0.437. The fourth-order valence-electron chi connectivity index (χ4n) is 2.31. The summed E-state index contributed by atoms with van der Waals surface area (Å²) in [4.78, 5) is 27.2. The molecule has 1 fully saturated rings. The zero-order chi connectivity index (χ0) is 12.7. The largest absolute Gasteiger partial charge is 0.383 e.